The fourth-order valence-electron chi connectivity index (χ4n) is 1.69. The van der Waals surface area contributed by atoms with Crippen LogP contribution in [0.15, 0.2) is 15.8 Å². The topological polar surface area (TPSA) is 101 Å². The number of esters is 1. The van der Waals surface area contributed by atoms with Gasteiger partial charge in [0.2, 0.25) is 5.91 Å². The SMILES string of the molecule is C#CCN(CC(=O)OCC)C(=O)Cn1cc(C)c(=O)[nH]c1=O. The molecule has 0 aliphatic rings. The Morgan fingerprint density at radius 1 is 1.45 bits per heavy atom. The number of aromatic amines is 1. The molecule has 0 radical (unpaired) electrons. The molecular weight excluding hydrogens is 290 g/mol. The summed E-state index contributed by atoms with van der Waals surface area (Å²) in [4.78, 5) is 49.7. The van der Waals surface area contributed by atoms with Gasteiger partial charge in [-0.3, -0.25) is 23.9 Å². The number of hydrogen-bond donors (Lipinski definition) is 1. The van der Waals surface area contributed by atoms with E-state index in [1.807, 2.05) is 0 Å². The van der Waals surface area contributed by atoms with Gasteiger partial charge in [-0.15, -0.1) is 6.42 Å². The van der Waals surface area contributed by atoms with Crippen LogP contribution < -0.4 is 11.2 Å². The molecule has 22 heavy (non-hydrogen) atoms. The fraction of sp³-hybridized carbons (Fsp3) is 0.429. The molecule has 118 valence electrons. The molecule has 0 aliphatic heterocycles. The minimum Gasteiger partial charge on any atom is -0.465 e. The van der Waals surface area contributed by atoms with Gasteiger partial charge in [-0.1, -0.05) is 5.92 Å². The maximum Gasteiger partial charge on any atom is 0.328 e. The van der Waals surface area contributed by atoms with Gasteiger partial charge < -0.3 is 9.64 Å². The van der Waals surface area contributed by atoms with E-state index < -0.39 is 23.1 Å². The molecule has 1 aromatic rings. The lowest BCUT2D eigenvalue weighted by molar-refractivity contribution is -0.148. The Morgan fingerprint density at radius 3 is 2.73 bits per heavy atom. The molecule has 8 nitrogen and oxygen atoms in total. The molecular formula is C14H17N3O5. The zero-order valence-corrected chi connectivity index (χ0v) is 12.4. The van der Waals surface area contributed by atoms with E-state index in [4.69, 9.17) is 11.2 Å². The lowest BCUT2D eigenvalue weighted by Gasteiger charge is -2.19. The van der Waals surface area contributed by atoms with E-state index in [0.717, 1.165) is 9.47 Å². The summed E-state index contributed by atoms with van der Waals surface area (Å²) in [5.41, 5.74) is -0.928. The third-order valence-electron chi connectivity index (χ3n) is 2.75. The first-order valence-electron chi connectivity index (χ1n) is 6.56. The summed E-state index contributed by atoms with van der Waals surface area (Å²) in [7, 11) is 0. The highest BCUT2D eigenvalue weighted by molar-refractivity contribution is 5.82. The van der Waals surface area contributed by atoms with E-state index in [1.54, 1.807) is 6.92 Å². The number of carbonyl (C=O) groups is 2. The Balaban J connectivity index is 2.90. The normalized spacial score (nSPS) is 9.86. The molecule has 1 N–H and O–H groups in total. The van der Waals surface area contributed by atoms with Crippen LogP contribution in [0.2, 0.25) is 0 Å². The van der Waals surface area contributed by atoms with Crippen molar-refractivity contribution in [2.24, 2.45) is 0 Å². The second-order valence-corrected chi connectivity index (χ2v) is 4.46. The molecule has 0 saturated carbocycles. The Bertz CT molecular complexity index is 710. The zero-order chi connectivity index (χ0) is 16.7. The third kappa shape index (κ3) is 4.63. The van der Waals surface area contributed by atoms with E-state index in [2.05, 4.69) is 10.9 Å². The Labute approximate surface area is 126 Å². The maximum atomic E-state index is 12.2. The van der Waals surface area contributed by atoms with Crippen LogP contribution in [0.4, 0.5) is 0 Å². The molecule has 8 heteroatoms. The lowest BCUT2D eigenvalue weighted by Crippen LogP contribution is -2.41. The van der Waals surface area contributed by atoms with Gasteiger partial charge in [-0.05, 0) is 13.8 Å². The van der Waals surface area contributed by atoms with Crippen molar-refractivity contribution in [2.75, 3.05) is 19.7 Å². The van der Waals surface area contributed by atoms with Crippen LogP contribution in [0.3, 0.4) is 0 Å². The van der Waals surface area contributed by atoms with Crippen molar-refractivity contribution in [3.63, 3.8) is 0 Å². The first-order chi connectivity index (χ1) is 10.4. The van der Waals surface area contributed by atoms with E-state index >= 15 is 0 Å². The highest BCUT2D eigenvalue weighted by Crippen LogP contribution is 1.95. The predicted molar refractivity (Wildman–Crippen MR) is 78.1 cm³/mol. The van der Waals surface area contributed by atoms with Crippen LogP contribution in [0, 0.1) is 19.3 Å². The number of H-pyrrole nitrogens is 1. The molecule has 0 bridgehead atoms. The summed E-state index contributed by atoms with van der Waals surface area (Å²) in [5, 5.41) is 0. The minimum absolute atomic E-state index is 0.0886. The van der Waals surface area contributed by atoms with Crippen molar-refractivity contribution in [2.45, 2.75) is 20.4 Å². The first kappa shape index (κ1) is 17.2. The molecule has 0 atom stereocenters. The first-order valence-corrected chi connectivity index (χ1v) is 6.56. The average molecular weight is 307 g/mol. The molecule has 1 aromatic heterocycles. The lowest BCUT2D eigenvalue weighted by atomic mass is 10.3. The van der Waals surface area contributed by atoms with Crippen LogP contribution in [0.25, 0.3) is 0 Å². The highest BCUT2D eigenvalue weighted by atomic mass is 16.5. The second-order valence-electron chi connectivity index (χ2n) is 4.46. The molecule has 0 saturated heterocycles. The number of nitrogens with one attached hydrogen (secondary N) is 1. The van der Waals surface area contributed by atoms with Gasteiger partial charge in [0, 0.05) is 11.8 Å². The number of aryl methyl sites for hydroxylation is 1. The number of terminal acetylenes is 1. The smallest absolute Gasteiger partial charge is 0.328 e. The van der Waals surface area contributed by atoms with Gasteiger partial charge in [-0.25, -0.2) is 4.79 Å². The quantitative estimate of drug-likeness (QED) is 0.529. The Kier molecular flexibility index (Phi) is 6.13. The van der Waals surface area contributed by atoms with Crippen LogP contribution >= 0.6 is 0 Å². The summed E-state index contributed by atoms with van der Waals surface area (Å²) < 4.78 is 5.81. The molecule has 1 heterocycles. The van der Waals surface area contributed by atoms with Gasteiger partial charge in [0.1, 0.15) is 13.1 Å². The number of amides is 1. The third-order valence-corrected chi connectivity index (χ3v) is 2.75. The molecule has 0 unspecified atom stereocenters. The predicted octanol–water partition coefficient (Wildman–Crippen LogP) is -1.13. The van der Waals surface area contributed by atoms with Crippen LogP contribution in [0.1, 0.15) is 12.5 Å². The number of aromatic nitrogens is 2. The van der Waals surface area contributed by atoms with E-state index in [-0.39, 0.29) is 26.2 Å². The summed E-state index contributed by atoms with van der Waals surface area (Å²) in [6, 6.07) is 0. The fourth-order valence-corrected chi connectivity index (χ4v) is 1.69. The van der Waals surface area contributed by atoms with Crippen LogP contribution in [0.5, 0.6) is 0 Å². The molecule has 0 aliphatic carbocycles. The van der Waals surface area contributed by atoms with Gasteiger partial charge in [0.15, 0.2) is 0 Å². The van der Waals surface area contributed by atoms with Gasteiger partial charge in [0.05, 0.1) is 13.2 Å². The Hall–Kier alpha value is -2.82. The number of carbonyl (C=O) groups excluding carboxylic acids is 2. The molecule has 1 rings (SSSR count). The summed E-state index contributed by atoms with van der Waals surface area (Å²) >= 11 is 0. The molecule has 0 aromatic carbocycles. The van der Waals surface area contributed by atoms with Crippen molar-refractivity contribution < 1.29 is 14.3 Å². The van der Waals surface area contributed by atoms with Crippen molar-refractivity contribution >= 4 is 11.9 Å². The zero-order valence-electron chi connectivity index (χ0n) is 12.4. The molecule has 1 amide bonds. The second kappa shape index (κ2) is 7.83. The number of nitrogens with zero attached hydrogens (tertiary/aromatic N) is 2. The summed E-state index contributed by atoms with van der Waals surface area (Å²) in [6.45, 7) is 2.63. The molecule has 0 spiro atoms. The standard InChI is InChI=1S/C14H17N3O5/c1-4-6-16(9-12(19)22-5-2)11(18)8-17-7-10(3)13(20)15-14(17)21/h1,7H,5-6,8-9H2,2-3H3,(H,15,20,21). The van der Waals surface area contributed by atoms with E-state index in [0.29, 0.717) is 5.56 Å². The van der Waals surface area contributed by atoms with Crippen LogP contribution in [-0.4, -0.2) is 46.0 Å². The molecule has 0 fully saturated rings. The van der Waals surface area contributed by atoms with E-state index in [9.17, 15) is 19.2 Å². The largest absolute Gasteiger partial charge is 0.465 e. The number of rotatable bonds is 6. The van der Waals surface area contributed by atoms with E-state index in [1.165, 1.54) is 13.1 Å². The van der Waals surface area contributed by atoms with Crippen molar-refractivity contribution in [1.29, 1.82) is 0 Å². The van der Waals surface area contributed by atoms with Gasteiger partial charge in [0.25, 0.3) is 5.56 Å². The number of ether oxygens (including phenoxy) is 1. The number of hydrogen-bond acceptors (Lipinski definition) is 5. The van der Waals surface area contributed by atoms with Crippen molar-refractivity contribution in [3.8, 4) is 12.3 Å². The summed E-state index contributed by atoms with van der Waals surface area (Å²) in [5.74, 6) is 1.15. The minimum atomic E-state index is -0.708. The van der Waals surface area contributed by atoms with Gasteiger partial charge in [-0.2, -0.15) is 0 Å². The Morgan fingerprint density at radius 2 is 2.14 bits per heavy atom. The van der Waals surface area contributed by atoms with Crippen molar-refractivity contribution in [3.05, 3.63) is 32.6 Å². The monoisotopic (exact) mass is 307 g/mol. The summed E-state index contributed by atoms with van der Waals surface area (Å²) in [6.07, 6.45) is 6.45. The van der Waals surface area contributed by atoms with Gasteiger partial charge >= 0.3 is 11.7 Å². The highest BCUT2D eigenvalue weighted by Gasteiger charge is 2.18. The maximum absolute atomic E-state index is 12.2. The van der Waals surface area contributed by atoms with Crippen molar-refractivity contribution in [1.82, 2.24) is 14.5 Å². The van der Waals surface area contributed by atoms with Crippen LogP contribution in [-0.2, 0) is 20.9 Å². The average Bonchev–Trinajstić information content (AvgIpc) is 2.44.